The third kappa shape index (κ3) is 4.96. The van der Waals surface area contributed by atoms with Crippen molar-refractivity contribution in [1.29, 1.82) is 0 Å². The van der Waals surface area contributed by atoms with Crippen LogP contribution in [0.5, 0.6) is 5.75 Å². The van der Waals surface area contributed by atoms with Gasteiger partial charge in [-0.1, -0.05) is 49.5 Å². The number of rotatable bonds is 4. The largest absolute Gasteiger partial charge is 0.491 e. The van der Waals surface area contributed by atoms with Crippen LogP contribution in [0.4, 0.5) is 5.69 Å². The van der Waals surface area contributed by atoms with E-state index in [0.717, 1.165) is 14.5 Å². The van der Waals surface area contributed by atoms with Gasteiger partial charge in [-0.05, 0) is 54.6 Å². The standard InChI is InChI=1S/C22H17Br2ClN2O4S/c23-14-4-6-15(7-5-14)26-32(29,30)16-8-9-20(25)17(12-16)22(28)27-10-11-31-21-3-1-2-19(24)18(21)13-27/h1-9,12,26H,10-11,13H2. The summed E-state index contributed by atoms with van der Waals surface area (Å²) in [4.78, 5) is 14.9. The van der Waals surface area contributed by atoms with E-state index in [0.29, 0.717) is 31.1 Å². The lowest BCUT2D eigenvalue weighted by atomic mass is 10.1. The van der Waals surface area contributed by atoms with Crippen LogP contribution in [0.25, 0.3) is 0 Å². The Hall–Kier alpha value is -2.07. The predicted octanol–water partition coefficient (Wildman–Crippen LogP) is 5.70. The van der Waals surface area contributed by atoms with Crippen molar-refractivity contribution in [1.82, 2.24) is 4.90 Å². The molecule has 1 heterocycles. The molecule has 0 radical (unpaired) electrons. The molecule has 1 N–H and O–H groups in total. The summed E-state index contributed by atoms with van der Waals surface area (Å²) < 4.78 is 35.7. The highest BCUT2D eigenvalue weighted by atomic mass is 79.9. The number of hydrogen-bond donors (Lipinski definition) is 1. The summed E-state index contributed by atoms with van der Waals surface area (Å²) in [6, 6.07) is 16.4. The number of ether oxygens (including phenoxy) is 1. The number of nitrogens with zero attached hydrogens (tertiary/aromatic N) is 1. The maximum Gasteiger partial charge on any atom is 0.261 e. The van der Waals surface area contributed by atoms with Crippen LogP contribution in [0.2, 0.25) is 5.02 Å². The molecule has 0 unspecified atom stereocenters. The molecule has 4 rings (SSSR count). The Balaban J connectivity index is 1.63. The average Bonchev–Trinajstić information content (AvgIpc) is 2.98. The number of benzene rings is 3. The van der Waals surface area contributed by atoms with Gasteiger partial charge in [0.2, 0.25) is 0 Å². The van der Waals surface area contributed by atoms with Crippen molar-refractivity contribution >= 4 is 65.1 Å². The van der Waals surface area contributed by atoms with E-state index in [1.54, 1.807) is 29.2 Å². The molecule has 1 aliphatic heterocycles. The monoisotopic (exact) mass is 598 g/mol. The topological polar surface area (TPSA) is 75.7 Å². The normalized spacial score (nSPS) is 13.7. The molecule has 166 valence electrons. The zero-order valence-electron chi connectivity index (χ0n) is 16.5. The van der Waals surface area contributed by atoms with Gasteiger partial charge in [0.1, 0.15) is 12.4 Å². The van der Waals surface area contributed by atoms with E-state index in [2.05, 4.69) is 36.6 Å². The first kappa shape index (κ1) is 23.1. The Morgan fingerprint density at radius 2 is 1.81 bits per heavy atom. The summed E-state index contributed by atoms with van der Waals surface area (Å²) in [5, 5.41) is 0.176. The van der Waals surface area contributed by atoms with Crippen LogP contribution in [0.15, 0.2) is 74.5 Å². The van der Waals surface area contributed by atoms with Crippen molar-refractivity contribution in [2.45, 2.75) is 11.4 Å². The number of carbonyl (C=O) groups excluding carboxylic acids is 1. The van der Waals surface area contributed by atoms with Gasteiger partial charge in [-0.2, -0.15) is 0 Å². The molecule has 0 aromatic heterocycles. The Morgan fingerprint density at radius 3 is 2.56 bits per heavy atom. The maximum absolute atomic E-state index is 13.3. The number of halogens is 3. The first-order valence-corrected chi connectivity index (χ1v) is 13.0. The minimum Gasteiger partial charge on any atom is -0.491 e. The summed E-state index contributed by atoms with van der Waals surface area (Å²) >= 11 is 13.1. The molecule has 0 saturated heterocycles. The van der Waals surface area contributed by atoms with Gasteiger partial charge in [-0.3, -0.25) is 9.52 Å². The maximum atomic E-state index is 13.3. The highest BCUT2D eigenvalue weighted by Crippen LogP contribution is 2.31. The van der Waals surface area contributed by atoms with Crippen LogP contribution >= 0.6 is 43.5 Å². The second-order valence-corrected chi connectivity index (χ2v) is 10.9. The molecular weight excluding hydrogens is 584 g/mol. The van der Waals surface area contributed by atoms with E-state index in [1.165, 1.54) is 18.2 Å². The first-order chi connectivity index (χ1) is 15.2. The van der Waals surface area contributed by atoms with E-state index < -0.39 is 10.0 Å². The van der Waals surface area contributed by atoms with E-state index in [1.807, 2.05) is 18.2 Å². The lowest BCUT2D eigenvalue weighted by Crippen LogP contribution is -2.33. The smallest absolute Gasteiger partial charge is 0.261 e. The lowest BCUT2D eigenvalue weighted by Gasteiger charge is -2.21. The van der Waals surface area contributed by atoms with Gasteiger partial charge in [0.25, 0.3) is 15.9 Å². The predicted molar refractivity (Wildman–Crippen MR) is 131 cm³/mol. The zero-order chi connectivity index (χ0) is 22.9. The Morgan fingerprint density at radius 1 is 1.06 bits per heavy atom. The van der Waals surface area contributed by atoms with Crippen molar-refractivity contribution in [3.8, 4) is 5.75 Å². The van der Waals surface area contributed by atoms with Gasteiger partial charge in [0, 0.05) is 20.2 Å². The molecule has 0 saturated carbocycles. The fraction of sp³-hybridized carbons (Fsp3) is 0.136. The SMILES string of the molecule is O=C(c1cc(S(=O)(=O)Nc2ccc(Br)cc2)ccc1Cl)N1CCOc2cccc(Br)c2C1. The van der Waals surface area contributed by atoms with Crippen molar-refractivity contribution < 1.29 is 17.9 Å². The molecule has 1 amide bonds. The quantitative estimate of drug-likeness (QED) is 0.417. The molecule has 0 aliphatic carbocycles. The molecule has 10 heteroatoms. The number of fused-ring (bicyclic) bond motifs is 1. The highest BCUT2D eigenvalue weighted by molar-refractivity contribution is 9.10. The van der Waals surface area contributed by atoms with Gasteiger partial charge in [0.05, 0.1) is 28.6 Å². The number of hydrogen-bond acceptors (Lipinski definition) is 4. The fourth-order valence-corrected chi connectivity index (χ4v) is 5.29. The number of sulfonamides is 1. The summed E-state index contributed by atoms with van der Waals surface area (Å²) in [5.74, 6) is 0.332. The molecule has 0 spiro atoms. The Kier molecular flexibility index (Phi) is 6.80. The number of amides is 1. The third-order valence-electron chi connectivity index (χ3n) is 4.91. The summed E-state index contributed by atoms with van der Waals surface area (Å²) in [6.45, 7) is 0.959. The van der Waals surface area contributed by atoms with E-state index >= 15 is 0 Å². The minimum absolute atomic E-state index is 0.0548. The fourth-order valence-electron chi connectivity index (χ4n) is 3.27. The molecule has 3 aromatic rings. The van der Waals surface area contributed by atoms with Crippen LogP contribution < -0.4 is 9.46 Å². The van der Waals surface area contributed by atoms with Crippen LogP contribution in [-0.2, 0) is 16.6 Å². The summed E-state index contributed by atoms with van der Waals surface area (Å²) in [5.41, 5.74) is 1.36. The summed E-state index contributed by atoms with van der Waals surface area (Å²) in [6.07, 6.45) is 0. The van der Waals surface area contributed by atoms with Crippen LogP contribution in [0.3, 0.4) is 0 Å². The molecule has 0 bridgehead atoms. The molecule has 0 atom stereocenters. The summed E-state index contributed by atoms with van der Waals surface area (Å²) in [7, 11) is -3.92. The molecule has 3 aromatic carbocycles. The molecular formula is C22H17Br2ClN2O4S. The van der Waals surface area contributed by atoms with Crippen LogP contribution in [-0.4, -0.2) is 32.4 Å². The van der Waals surface area contributed by atoms with Crippen LogP contribution in [0, 0.1) is 0 Å². The average molecular weight is 601 g/mol. The van der Waals surface area contributed by atoms with Gasteiger partial charge >= 0.3 is 0 Å². The van der Waals surface area contributed by atoms with Gasteiger partial charge < -0.3 is 9.64 Å². The zero-order valence-corrected chi connectivity index (χ0v) is 21.3. The van der Waals surface area contributed by atoms with E-state index in [4.69, 9.17) is 16.3 Å². The molecule has 32 heavy (non-hydrogen) atoms. The van der Waals surface area contributed by atoms with E-state index in [9.17, 15) is 13.2 Å². The van der Waals surface area contributed by atoms with Gasteiger partial charge in [-0.25, -0.2) is 8.42 Å². The second kappa shape index (κ2) is 9.43. The lowest BCUT2D eigenvalue weighted by molar-refractivity contribution is 0.0733. The molecule has 0 fully saturated rings. The highest BCUT2D eigenvalue weighted by Gasteiger charge is 2.26. The van der Waals surface area contributed by atoms with Crippen molar-refractivity contribution in [2.75, 3.05) is 17.9 Å². The van der Waals surface area contributed by atoms with Crippen molar-refractivity contribution in [2.24, 2.45) is 0 Å². The Bertz CT molecular complexity index is 1280. The molecule has 1 aliphatic rings. The third-order valence-corrected chi connectivity index (χ3v) is 7.89. The van der Waals surface area contributed by atoms with Gasteiger partial charge in [-0.15, -0.1) is 0 Å². The van der Waals surface area contributed by atoms with Crippen LogP contribution in [0.1, 0.15) is 15.9 Å². The first-order valence-electron chi connectivity index (χ1n) is 9.52. The Labute approximate surface area is 207 Å². The second-order valence-electron chi connectivity index (χ2n) is 7.05. The van der Waals surface area contributed by atoms with E-state index in [-0.39, 0.29) is 21.4 Å². The van der Waals surface area contributed by atoms with Crippen molar-refractivity contribution in [3.05, 3.63) is 85.8 Å². The molecule has 6 nitrogen and oxygen atoms in total. The number of anilines is 1. The minimum atomic E-state index is -3.92. The van der Waals surface area contributed by atoms with Crippen molar-refractivity contribution in [3.63, 3.8) is 0 Å². The number of nitrogens with one attached hydrogen (secondary N) is 1. The van der Waals surface area contributed by atoms with Gasteiger partial charge in [0.15, 0.2) is 0 Å². The number of carbonyl (C=O) groups is 1.